The van der Waals surface area contributed by atoms with Gasteiger partial charge in [-0.1, -0.05) is 18.2 Å². The smallest absolute Gasteiger partial charge is 0.222 e. The number of Topliss-reactive ketones (excluding diaryl/α,β-unsaturated/α-hetero) is 1. The molecule has 0 unspecified atom stereocenters. The van der Waals surface area contributed by atoms with Crippen molar-refractivity contribution in [3.05, 3.63) is 42.1 Å². The average Bonchev–Trinajstić information content (AvgIpc) is 2.46. The molecule has 100 valence electrons. The summed E-state index contributed by atoms with van der Waals surface area (Å²) < 4.78 is 10.7. The fourth-order valence-corrected chi connectivity index (χ4v) is 1.93. The number of rotatable bonds is 6. The van der Waals surface area contributed by atoms with Crippen LogP contribution in [0.2, 0.25) is 0 Å². The fourth-order valence-electron chi connectivity index (χ4n) is 1.93. The number of benzene rings is 1. The molecule has 19 heavy (non-hydrogen) atoms. The number of fused-ring (bicyclic) bond motifs is 1. The first-order valence-corrected chi connectivity index (χ1v) is 6.39. The lowest BCUT2D eigenvalue weighted by Crippen LogP contribution is -2.28. The largest absolute Gasteiger partial charge is 0.346 e. The molecular weight excluding hydrogens is 242 g/mol. The van der Waals surface area contributed by atoms with Crippen molar-refractivity contribution in [1.82, 2.24) is 4.98 Å². The summed E-state index contributed by atoms with van der Waals surface area (Å²) in [5, 5.41) is 0.931. The summed E-state index contributed by atoms with van der Waals surface area (Å²) in [5.74, 6) is -0.187. The maximum absolute atomic E-state index is 12.4. The minimum Gasteiger partial charge on any atom is -0.346 e. The highest BCUT2D eigenvalue weighted by atomic mass is 16.7. The van der Waals surface area contributed by atoms with Crippen molar-refractivity contribution in [1.29, 1.82) is 0 Å². The summed E-state index contributed by atoms with van der Waals surface area (Å²) >= 11 is 0. The van der Waals surface area contributed by atoms with Crippen molar-refractivity contribution < 1.29 is 14.3 Å². The molecule has 0 radical (unpaired) electrons. The lowest BCUT2D eigenvalue weighted by Gasteiger charge is -2.16. The van der Waals surface area contributed by atoms with Gasteiger partial charge in [-0.3, -0.25) is 9.78 Å². The number of pyridine rings is 1. The second-order valence-electron chi connectivity index (χ2n) is 3.99. The topological polar surface area (TPSA) is 48.4 Å². The van der Waals surface area contributed by atoms with E-state index in [0.29, 0.717) is 24.3 Å². The molecule has 4 nitrogen and oxygen atoms in total. The van der Waals surface area contributed by atoms with Gasteiger partial charge < -0.3 is 9.47 Å². The fraction of sp³-hybridized carbons (Fsp3) is 0.333. The van der Waals surface area contributed by atoms with E-state index in [1.807, 2.05) is 38.1 Å². The molecule has 0 amide bonds. The van der Waals surface area contributed by atoms with Gasteiger partial charge in [0.15, 0.2) is 0 Å². The summed E-state index contributed by atoms with van der Waals surface area (Å²) in [6.07, 6.45) is 0.817. The van der Waals surface area contributed by atoms with Gasteiger partial charge in [-0.05, 0) is 26.0 Å². The number of nitrogens with zero attached hydrogens (tertiary/aromatic N) is 1. The highest BCUT2D eigenvalue weighted by Crippen LogP contribution is 2.18. The molecule has 0 saturated heterocycles. The zero-order valence-corrected chi connectivity index (χ0v) is 11.1. The van der Waals surface area contributed by atoms with Crippen LogP contribution in [0.25, 0.3) is 10.9 Å². The molecule has 0 spiro atoms. The Bertz CT molecular complexity index is 557. The first-order chi connectivity index (χ1) is 9.27. The molecule has 1 heterocycles. The Balaban J connectivity index is 2.39. The number of hydrogen-bond donors (Lipinski definition) is 0. The van der Waals surface area contributed by atoms with Crippen LogP contribution in [0.15, 0.2) is 36.5 Å². The standard InChI is InChI=1S/C15H17NO3/c1-3-18-15(19-4-2)14(17)12-9-5-7-11-8-6-10-16-13(11)12/h5-10,15H,3-4H2,1-2H3. The molecule has 0 saturated carbocycles. The van der Waals surface area contributed by atoms with Crippen molar-refractivity contribution in [3.63, 3.8) is 0 Å². The molecule has 0 aliphatic rings. The van der Waals surface area contributed by atoms with Gasteiger partial charge in [0.1, 0.15) is 0 Å². The van der Waals surface area contributed by atoms with Gasteiger partial charge in [-0.15, -0.1) is 0 Å². The van der Waals surface area contributed by atoms with Crippen LogP contribution in [0.1, 0.15) is 24.2 Å². The Morgan fingerprint density at radius 1 is 1.16 bits per heavy atom. The van der Waals surface area contributed by atoms with Crippen LogP contribution >= 0.6 is 0 Å². The molecule has 0 N–H and O–H groups in total. The molecule has 1 aromatic carbocycles. The second kappa shape index (κ2) is 6.41. The maximum Gasteiger partial charge on any atom is 0.222 e. The third kappa shape index (κ3) is 2.97. The highest BCUT2D eigenvalue weighted by Gasteiger charge is 2.22. The van der Waals surface area contributed by atoms with Gasteiger partial charge in [-0.2, -0.15) is 0 Å². The number of ether oxygens (including phenoxy) is 2. The predicted octanol–water partition coefficient (Wildman–Crippen LogP) is 2.82. The molecular formula is C15H17NO3. The summed E-state index contributed by atoms with van der Waals surface area (Å²) in [7, 11) is 0. The number of ketones is 1. The lowest BCUT2D eigenvalue weighted by atomic mass is 10.1. The normalized spacial score (nSPS) is 11.1. The van der Waals surface area contributed by atoms with Crippen LogP contribution in [0.3, 0.4) is 0 Å². The van der Waals surface area contributed by atoms with Gasteiger partial charge in [0.25, 0.3) is 0 Å². The Hall–Kier alpha value is -1.78. The van der Waals surface area contributed by atoms with Crippen LogP contribution < -0.4 is 0 Å². The SMILES string of the molecule is CCOC(OCC)C(=O)c1cccc2cccnc12. The van der Waals surface area contributed by atoms with Crippen molar-refractivity contribution in [2.75, 3.05) is 13.2 Å². The van der Waals surface area contributed by atoms with E-state index in [0.717, 1.165) is 5.39 Å². The first-order valence-electron chi connectivity index (χ1n) is 6.39. The van der Waals surface area contributed by atoms with Gasteiger partial charge >= 0.3 is 0 Å². The van der Waals surface area contributed by atoms with Crippen molar-refractivity contribution >= 4 is 16.7 Å². The minimum atomic E-state index is -0.859. The van der Waals surface area contributed by atoms with Gasteiger partial charge in [-0.25, -0.2) is 0 Å². The molecule has 0 atom stereocenters. The molecule has 1 aromatic heterocycles. The average molecular weight is 259 g/mol. The lowest BCUT2D eigenvalue weighted by molar-refractivity contribution is -0.107. The molecule has 0 aliphatic carbocycles. The number of carbonyl (C=O) groups excluding carboxylic acids is 1. The monoisotopic (exact) mass is 259 g/mol. The number of carbonyl (C=O) groups is 1. The maximum atomic E-state index is 12.4. The second-order valence-corrected chi connectivity index (χ2v) is 3.99. The Kier molecular flexibility index (Phi) is 4.60. The van der Waals surface area contributed by atoms with Crippen LogP contribution in [-0.4, -0.2) is 30.3 Å². The molecule has 2 rings (SSSR count). The van der Waals surface area contributed by atoms with E-state index in [1.165, 1.54) is 0 Å². The first kappa shape index (κ1) is 13.6. The third-order valence-corrected chi connectivity index (χ3v) is 2.75. The Labute approximate surface area is 112 Å². The number of hydrogen-bond acceptors (Lipinski definition) is 4. The third-order valence-electron chi connectivity index (χ3n) is 2.75. The summed E-state index contributed by atoms with van der Waals surface area (Å²) in [6.45, 7) is 4.52. The predicted molar refractivity (Wildman–Crippen MR) is 73.1 cm³/mol. The van der Waals surface area contributed by atoms with Crippen LogP contribution in [0.5, 0.6) is 0 Å². The molecule has 0 fully saturated rings. The van der Waals surface area contributed by atoms with E-state index < -0.39 is 6.29 Å². The van der Waals surface area contributed by atoms with Crippen LogP contribution in [-0.2, 0) is 9.47 Å². The van der Waals surface area contributed by atoms with Crippen molar-refractivity contribution in [2.24, 2.45) is 0 Å². The molecule has 4 heteroatoms. The molecule has 2 aromatic rings. The zero-order valence-electron chi connectivity index (χ0n) is 11.1. The van der Waals surface area contributed by atoms with E-state index in [9.17, 15) is 4.79 Å². The Morgan fingerprint density at radius 3 is 2.53 bits per heavy atom. The van der Waals surface area contributed by atoms with Crippen LogP contribution in [0, 0.1) is 0 Å². The van der Waals surface area contributed by atoms with E-state index in [-0.39, 0.29) is 5.78 Å². The Morgan fingerprint density at radius 2 is 1.84 bits per heavy atom. The molecule has 0 bridgehead atoms. The van der Waals surface area contributed by atoms with Crippen LogP contribution in [0.4, 0.5) is 0 Å². The summed E-state index contributed by atoms with van der Waals surface area (Å²) in [6, 6.07) is 9.29. The van der Waals surface area contributed by atoms with Crippen molar-refractivity contribution in [3.8, 4) is 0 Å². The molecule has 0 aliphatic heterocycles. The quantitative estimate of drug-likeness (QED) is 0.591. The highest BCUT2D eigenvalue weighted by molar-refractivity contribution is 6.08. The van der Waals surface area contributed by atoms with E-state index in [4.69, 9.17) is 9.47 Å². The van der Waals surface area contributed by atoms with E-state index in [2.05, 4.69) is 4.98 Å². The van der Waals surface area contributed by atoms with Gasteiger partial charge in [0.2, 0.25) is 12.1 Å². The summed E-state index contributed by atoms with van der Waals surface area (Å²) in [5.41, 5.74) is 1.21. The van der Waals surface area contributed by atoms with Gasteiger partial charge in [0.05, 0.1) is 5.52 Å². The number of para-hydroxylation sites is 1. The minimum absolute atomic E-state index is 0.187. The van der Waals surface area contributed by atoms with E-state index in [1.54, 1.807) is 12.3 Å². The van der Waals surface area contributed by atoms with E-state index >= 15 is 0 Å². The van der Waals surface area contributed by atoms with Crippen molar-refractivity contribution in [2.45, 2.75) is 20.1 Å². The number of aromatic nitrogens is 1. The zero-order chi connectivity index (χ0) is 13.7. The van der Waals surface area contributed by atoms with Gasteiger partial charge in [0, 0.05) is 30.4 Å². The summed E-state index contributed by atoms with van der Waals surface area (Å²) in [4.78, 5) is 16.7.